The first-order chi connectivity index (χ1) is 5.74. The molecule has 1 atom stereocenters. The second kappa shape index (κ2) is 8.56. The van der Waals surface area contributed by atoms with E-state index in [-0.39, 0.29) is 40.0 Å². The molecule has 0 spiro atoms. The van der Waals surface area contributed by atoms with Crippen LogP contribution in [0.5, 0.6) is 5.75 Å². The molecule has 0 aliphatic heterocycles. The second-order valence-corrected chi connectivity index (χ2v) is 3.03. The quantitative estimate of drug-likeness (QED) is 0.535. The SMILES string of the molecule is CCC(C)Oc1cc[c-]cc1C.[Br-].[Mg+2]. The van der Waals surface area contributed by atoms with Crippen LogP contribution in [0.15, 0.2) is 18.2 Å². The minimum Gasteiger partial charge on any atom is -1.00 e. The van der Waals surface area contributed by atoms with Gasteiger partial charge >= 0.3 is 23.1 Å². The fourth-order valence-electron chi connectivity index (χ4n) is 0.932. The van der Waals surface area contributed by atoms with E-state index in [0.29, 0.717) is 6.10 Å². The van der Waals surface area contributed by atoms with Gasteiger partial charge in [-0.05, 0) is 13.3 Å². The van der Waals surface area contributed by atoms with E-state index < -0.39 is 0 Å². The van der Waals surface area contributed by atoms with Crippen molar-refractivity contribution >= 4 is 23.1 Å². The fourth-order valence-corrected chi connectivity index (χ4v) is 0.932. The minimum atomic E-state index is 0. The summed E-state index contributed by atoms with van der Waals surface area (Å²) in [5.41, 5.74) is 1.15. The van der Waals surface area contributed by atoms with Crippen LogP contribution in [0.3, 0.4) is 0 Å². The van der Waals surface area contributed by atoms with E-state index in [0.717, 1.165) is 17.7 Å². The summed E-state index contributed by atoms with van der Waals surface area (Å²) >= 11 is 0. The molecule has 1 aromatic carbocycles. The average molecular weight is 267 g/mol. The Balaban J connectivity index is 0. The number of halogens is 1. The molecular weight excluding hydrogens is 252 g/mol. The van der Waals surface area contributed by atoms with E-state index in [1.165, 1.54) is 0 Å². The second-order valence-electron chi connectivity index (χ2n) is 3.03. The van der Waals surface area contributed by atoms with Gasteiger partial charge in [0.1, 0.15) is 0 Å². The van der Waals surface area contributed by atoms with Gasteiger partial charge in [0.25, 0.3) is 0 Å². The molecule has 1 nitrogen and oxygen atoms in total. The van der Waals surface area contributed by atoms with E-state index in [1.807, 2.05) is 25.1 Å². The van der Waals surface area contributed by atoms with Crippen LogP contribution in [0.1, 0.15) is 25.8 Å². The van der Waals surface area contributed by atoms with Crippen LogP contribution in [-0.2, 0) is 0 Å². The number of aryl methyl sites for hydroxylation is 1. The van der Waals surface area contributed by atoms with Crippen LogP contribution in [0.25, 0.3) is 0 Å². The molecule has 0 saturated heterocycles. The van der Waals surface area contributed by atoms with E-state index in [1.54, 1.807) is 0 Å². The average Bonchev–Trinajstić information content (AvgIpc) is 2.09. The van der Waals surface area contributed by atoms with Gasteiger partial charge in [0.15, 0.2) is 0 Å². The van der Waals surface area contributed by atoms with Gasteiger partial charge in [0.2, 0.25) is 0 Å². The van der Waals surface area contributed by atoms with Gasteiger partial charge in [-0.15, -0.1) is 11.6 Å². The summed E-state index contributed by atoms with van der Waals surface area (Å²) in [6.45, 7) is 6.24. The van der Waals surface area contributed by atoms with Crippen molar-refractivity contribution in [1.29, 1.82) is 0 Å². The zero-order valence-corrected chi connectivity index (χ0v) is 12.0. The Hall–Kier alpha value is 0.266. The zero-order valence-electron chi connectivity index (χ0n) is 9.01. The molecule has 14 heavy (non-hydrogen) atoms. The molecule has 0 heterocycles. The summed E-state index contributed by atoms with van der Waals surface area (Å²) in [7, 11) is 0. The van der Waals surface area contributed by atoms with Gasteiger partial charge in [0.05, 0.1) is 6.10 Å². The molecule has 74 valence electrons. The first-order valence-electron chi connectivity index (χ1n) is 4.37. The van der Waals surface area contributed by atoms with Crippen molar-refractivity contribution < 1.29 is 21.7 Å². The predicted octanol–water partition coefficient (Wildman–Crippen LogP) is -0.404. The number of ether oxygens (including phenoxy) is 1. The van der Waals surface area contributed by atoms with Crippen molar-refractivity contribution in [2.45, 2.75) is 33.3 Å². The number of hydrogen-bond acceptors (Lipinski definition) is 1. The van der Waals surface area contributed by atoms with Gasteiger partial charge in [-0.1, -0.05) is 13.8 Å². The third-order valence-corrected chi connectivity index (χ3v) is 1.92. The minimum absolute atomic E-state index is 0. The molecule has 0 radical (unpaired) electrons. The summed E-state index contributed by atoms with van der Waals surface area (Å²) in [6, 6.07) is 8.79. The Bertz CT molecular complexity index is 253. The molecular formula is C11H15BrMgO. The maximum absolute atomic E-state index is 5.67. The molecule has 0 aliphatic carbocycles. The maximum atomic E-state index is 5.67. The Kier molecular flexibility index (Phi) is 10.2. The van der Waals surface area contributed by atoms with Crippen molar-refractivity contribution in [3.63, 3.8) is 0 Å². The Morgan fingerprint density at radius 2 is 2.14 bits per heavy atom. The van der Waals surface area contributed by atoms with E-state index in [9.17, 15) is 0 Å². The number of hydrogen-bond donors (Lipinski definition) is 0. The van der Waals surface area contributed by atoms with Crippen molar-refractivity contribution in [3.8, 4) is 5.75 Å². The standard InChI is InChI=1S/C11H15O.BrH.Mg/c1-4-10(3)12-11-8-6-5-7-9(11)2;;/h6-8,10H,4H2,1-3H3;1H;/q-1;;+2/p-1. The Labute approximate surface area is 113 Å². The third-order valence-electron chi connectivity index (χ3n) is 1.92. The van der Waals surface area contributed by atoms with Gasteiger partial charge in [-0.3, -0.25) is 0 Å². The largest absolute Gasteiger partial charge is 2.00 e. The van der Waals surface area contributed by atoms with Gasteiger partial charge in [0, 0.05) is 5.75 Å². The smallest absolute Gasteiger partial charge is 1.00 e. The first kappa shape index (κ1) is 16.7. The first-order valence-corrected chi connectivity index (χ1v) is 4.37. The van der Waals surface area contributed by atoms with Crippen molar-refractivity contribution in [3.05, 3.63) is 29.8 Å². The summed E-state index contributed by atoms with van der Waals surface area (Å²) in [5.74, 6) is 0.975. The predicted molar refractivity (Wildman–Crippen MR) is 56.2 cm³/mol. The van der Waals surface area contributed by atoms with Crippen molar-refractivity contribution in [1.82, 2.24) is 0 Å². The van der Waals surface area contributed by atoms with Crippen LogP contribution < -0.4 is 21.7 Å². The topological polar surface area (TPSA) is 9.23 Å². The molecule has 1 aromatic rings. The molecule has 0 aromatic heterocycles. The van der Waals surface area contributed by atoms with Crippen molar-refractivity contribution in [2.75, 3.05) is 0 Å². The molecule has 0 saturated carbocycles. The summed E-state index contributed by atoms with van der Waals surface area (Å²) in [6.07, 6.45) is 1.34. The van der Waals surface area contributed by atoms with E-state index in [2.05, 4.69) is 19.9 Å². The van der Waals surface area contributed by atoms with Crippen LogP contribution in [-0.4, -0.2) is 29.2 Å². The maximum Gasteiger partial charge on any atom is 2.00 e. The zero-order chi connectivity index (χ0) is 8.97. The summed E-state index contributed by atoms with van der Waals surface area (Å²) in [4.78, 5) is 0. The number of rotatable bonds is 3. The van der Waals surface area contributed by atoms with Crippen LogP contribution in [0.2, 0.25) is 0 Å². The van der Waals surface area contributed by atoms with Crippen molar-refractivity contribution in [2.24, 2.45) is 0 Å². The van der Waals surface area contributed by atoms with E-state index in [4.69, 9.17) is 4.74 Å². The monoisotopic (exact) mass is 266 g/mol. The van der Waals surface area contributed by atoms with Crippen LogP contribution >= 0.6 is 0 Å². The van der Waals surface area contributed by atoms with Crippen LogP contribution in [0.4, 0.5) is 0 Å². The number of benzene rings is 1. The Morgan fingerprint density at radius 3 is 2.64 bits per heavy atom. The molecule has 1 unspecified atom stereocenters. The molecule has 0 bridgehead atoms. The molecule has 0 aliphatic rings. The van der Waals surface area contributed by atoms with Crippen LogP contribution in [0, 0.1) is 13.0 Å². The van der Waals surface area contributed by atoms with Gasteiger partial charge in [-0.2, -0.15) is 18.2 Å². The molecule has 0 fully saturated rings. The fraction of sp³-hybridized carbons (Fsp3) is 0.455. The molecule has 0 N–H and O–H groups in total. The molecule has 0 amide bonds. The van der Waals surface area contributed by atoms with E-state index >= 15 is 0 Å². The Morgan fingerprint density at radius 1 is 1.50 bits per heavy atom. The third kappa shape index (κ3) is 5.22. The molecule has 3 heteroatoms. The molecule has 1 rings (SSSR count). The normalized spacial score (nSPS) is 10.8. The van der Waals surface area contributed by atoms with Gasteiger partial charge < -0.3 is 21.7 Å². The van der Waals surface area contributed by atoms with Gasteiger partial charge in [-0.25, -0.2) is 0 Å². The summed E-state index contributed by atoms with van der Waals surface area (Å²) < 4.78 is 5.67. The summed E-state index contributed by atoms with van der Waals surface area (Å²) in [5, 5.41) is 0.